The highest BCUT2D eigenvalue weighted by Crippen LogP contribution is 2.23. The van der Waals surface area contributed by atoms with E-state index < -0.39 is 0 Å². The first-order valence-electron chi connectivity index (χ1n) is 7.71. The average molecular weight is 285 g/mol. The maximum atomic E-state index is 9.37. The van der Waals surface area contributed by atoms with Gasteiger partial charge in [0.25, 0.3) is 0 Å². The van der Waals surface area contributed by atoms with Crippen LogP contribution in [-0.4, -0.2) is 39.0 Å². The van der Waals surface area contributed by atoms with E-state index in [-0.39, 0.29) is 0 Å². The first kappa shape index (κ1) is 14.3. The van der Waals surface area contributed by atoms with Crippen LogP contribution in [-0.2, 0) is 6.54 Å². The van der Waals surface area contributed by atoms with Crippen LogP contribution in [0, 0.1) is 5.92 Å². The summed E-state index contributed by atoms with van der Waals surface area (Å²) >= 11 is 0. The summed E-state index contributed by atoms with van der Waals surface area (Å²) in [6.07, 6.45) is 4.31. The highest BCUT2D eigenvalue weighted by molar-refractivity contribution is 5.30. The van der Waals surface area contributed by atoms with E-state index in [1.807, 2.05) is 29.1 Å². The monoisotopic (exact) mass is 285 g/mol. The third-order valence-electron chi connectivity index (χ3n) is 4.40. The van der Waals surface area contributed by atoms with Crippen LogP contribution in [0.4, 0.5) is 0 Å². The van der Waals surface area contributed by atoms with E-state index in [4.69, 9.17) is 0 Å². The molecule has 2 atom stereocenters. The summed E-state index contributed by atoms with van der Waals surface area (Å²) in [6.45, 7) is 4.39. The Morgan fingerprint density at radius 1 is 1.19 bits per heavy atom. The number of rotatable bonds is 4. The van der Waals surface area contributed by atoms with Gasteiger partial charge in [0.05, 0.1) is 11.4 Å². The van der Waals surface area contributed by atoms with Crippen molar-refractivity contribution in [2.45, 2.75) is 32.4 Å². The van der Waals surface area contributed by atoms with Crippen molar-refractivity contribution in [2.75, 3.05) is 13.2 Å². The van der Waals surface area contributed by atoms with Gasteiger partial charge in [-0.3, -0.25) is 4.90 Å². The predicted octanol–water partition coefficient (Wildman–Crippen LogP) is 2.47. The molecule has 1 aromatic heterocycles. The zero-order chi connectivity index (χ0) is 14.7. The molecule has 1 aliphatic heterocycles. The van der Waals surface area contributed by atoms with Crippen molar-refractivity contribution in [2.24, 2.45) is 5.92 Å². The Hall–Kier alpha value is -1.65. The minimum atomic E-state index is 0.293. The molecule has 2 aromatic rings. The van der Waals surface area contributed by atoms with Gasteiger partial charge in [0, 0.05) is 31.9 Å². The number of hydrogen-bond acceptors (Lipinski definition) is 3. The molecular formula is C17H23N3O. The van der Waals surface area contributed by atoms with Crippen LogP contribution in [0.5, 0.6) is 0 Å². The fourth-order valence-electron chi connectivity index (χ4n) is 3.01. The van der Waals surface area contributed by atoms with Crippen molar-refractivity contribution in [3.05, 3.63) is 48.3 Å². The van der Waals surface area contributed by atoms with E-state index >= 15 is 0 Å². The van der Waals surface area contributed by atoms with Gasteiger partial charge in [-0.2, -0.15) is 5.10 Å². The first-order chi connectivity index (χ1) is 10.3. The molecule has 1 fully saturated rings. The molecule has 2 heterocycles. The molecule has 1 aliphatic rings. The van der Waals surface area contributed by atoms with Crippen LogP contribution in [0.25, 0.3) is 5.69 Å². The molecular weight excluding hydrogens is 262 g/mol. The summed E-state index contributed by atoms with van der Waals surface area (Å²) in [5.74, 6) is 0.414. The highest BCUT2D eigenvalue weighted by atomic mass is 16.3. The van der Waals surface area contributed by atoms with Gasteiger partial charge < -0.3 is 5.11 Å². The molecule has 1 N–H and O–H groups in total. The molecule has 0 radical (unpaired) electrons. The molecule has 0 bridgehead atoms. The Balaban J connectivity index is 1.69. The van der Waals surface area contributed by atoms with Crippen LogP contribution in [0.1, 0.15) is 25.5 Å². The van der Waals surface area contributed by atoms with Crippen molar-refractivity contribution < 1.29 is 5.11 Å². The number of aliphatic hydroxyl groups is 1. The smallest absolute Gasteiger partial charge is 0.0769 e. The Kier molecular flexibility index (Phi) is 4.36. The molecule has 3 rings (SSSR count). The van der Waals surface area contributed by atoms with Gasteiger partial charge in [0.15, 0.2) is 0 Å². The van der Waals surface area contributed by atoms with Crippen molar-refractivity contribution in [3.8, 4) is 5.69 Å². The van der Waals surface area contributed by atoms with Crippen LogP contribution in [0.2, 0.25) is 0 Å². The molecule has 0 spiro atoms. The molecule has 1 saturated heterocycles. The Bertz CT molecular complexity index is 566. The molecule has 1 aromatic carbocycles. The Morgan fingerprint density at radius 2 is 2.00 bits per heavy atom. The standard InChI is InChI=1S/C17H23N3O/c1-14-7-8-15(13-21)11-19(14)12-16-9-10-20(18-16)17-5-3-2-4-6-17/h2-6,9-10,14-15,21H,7-8,11-13H2,1H3. The lowest BCUT2D eigenvalue weighted by molar-refractivity contribution is 0.0761. The van der Waals surface area contributed by atoms with Gasteiger partial charge >= 0.3 is 0 Å². The summed E-state index contributed by atoms with van der Waals surface area (Å²) in [6, 6.07) is 12.8. The molecule has 0 saturated carbocycles. The molecule has 21 heavy (non-hydrogen) atoms. The van der Waals surface area contributed by atoms with Crippen molar-refractivity contribution >= 4 is 0 Å². The number of nitrogens with zero attached hydrogens (tertiary/aromatic N) is 3. The van der Waals surface area contributed by atoms with Crippen LogP contribution in [0.3, 0.4) is 0 Å². The maximum absolute atomic E-state index is 9.37. The predicted molar refractivity (Wildman–Crippen MR) is 83.2 cm³/mol. The van der Waals surface area contributed by atoms with Crippen molar-refractivity contribution in [3.63, 3.8) is 0 Å². The van der Waals surface area contributed by atoms with Gasteiger partial charge in [-0.25, -0.2) is 4.68 Å². The number of hydrogen-bond donors (Lipinski definition) is 1. The third kappa shape index (κ3) is 3.34. The minimum Gasteiger partial charge on any atom is -0.396 e. The van der Waals surface area contributed by atoms with E-state index in [0.29, 0.717) is 18.6 Å². The lowest BCUT2D eigenvalue weighted by atomic mass is 9.94. The largest absolute Gasteiger partial charge is 0.396 e. The van der Waals surface area contributed by atoms with Gasteiger partial charge in [-0.05, 0) is 43.9 Å². The number of aliphatic hydroxyl groups excluding tert-OH is 1. The highest BCUT2D eigenvalue weighted by Gasteiger charge is 2.25. The van der Waals surface area contributed by atoms with Gasteiger partial charge in [0.1, 0.15) is 0 Å². The van der Waals surface area contributed by atoms with E-state index in [1.54, 1.807) is 0 Å². The minimum absolute atomic E-state index is 0.293. The Labute approximate surface area is 126 Å². The second-order valence-electron chi connectivity index (χ2n) is 5.99. The zero-order valence-electron chi connectivity index (χ0n) is 12.5. The molecule has 112 valence electrons. The molecule has 0 amide bonds. The third-order valence-corrected chi connectivity index (χ3v) is 4.40. The second-order valence-corrected chi connectivity index (χ2v) is 5.99. The van der Waals surface area contributed by atoms with Crippen molar-refractivity contribution in [1.82, 2.24) is 14.7 Å². The number of para-hydroxylation sites is 1. The maximum Gasteiger partial charge on any atom is 0.0769 e. The Morgan fingerprint density at radius 3 is 2.76 bits per heavy atom. The van der Waals surface area contributed by atoms with Crippen molar-refractivity contribution in [1.29, 1.82) is 0 Å². The summed E-state index contributed by atoms with van der Waals surface area (Å²) in [4.78, 5) is 2.43. The lowest BCUT2D eigenvalue weighted by Gasteiger charge is -2.36. The van der Waals surface area contributed by atoms with E-state index in [0.717, 1.165) is 37.3 Å². The topological polar surface area (TPSA) is 41.3 Å². The first-order valence-corrected chi connectivity index (χ1v) is 7.71. The normalized spacial score (nSPS) is 23.3. The summed E-state index contributed by atoms with van der Waals surface area (Å²) in [5.41, 5.74) is 2.17. The molecule has 4 heteroatoms. The van der Waals surface area contributed by atoms with Gasteiger partial charge in [0.2, 0.25) is 0 Å². The van der Waals surface area contributed by atoms with Gasteiger partial charge in [-0.1, -0.05) is 18.2 Å². The van der Waals surface area contributed by atoms with Crippen LogP contribution < -0.4 is 0 Å². The number of piperidine rings is 1. The van der Waals surface area contributed by atoms with E-state index in [2.05, 4.69) is 35.1 Å². The van der Waals surface area contributed by atoms with Crippen LogP contribution >= 0.6 is 0 Å². The molecule has 4 nitrogen and oxygen atoms in total. The molecule has 0 aliphatic carbocycles. The number of aromatic nitrogens is 2. The summed E-state index contributed by atoms with van der Waals surface area (Å²) in [5, 5.41) is 14.0. The quantitative estimate of drug-likeness (QED) is 0.938. The lowest BCUT2D eigenvalue weighted by Crippen LogP contribution is -2.42. The van der Waals surface area contributed by atoms with Crippen LogP contribution in [0.15, 0.2) is 42.6 Å². The fraction of sp³-hybridized carbons (Fsp3) is 0.471. The fourth-order valence-corrected chi connectivity index (χ4v) is 3.01. The summed E-state index contributed by atoms with van der Waals surface area (Å²) in [7, 11) is 0. The number of benzene rings is 1. The zero-order valence-corrected chi connectivity index (χ0v) is 12.5. The summed E-state index contributed by atoms with van der Waals surface area (Å²) < 4.78 is 1.92. The van der Waals surface area contributed by atoms with E-state index in [9.17, 15) is 5.11 Å². The SMILES string of the molecule is CC1CCC(CO)CN1Cc1ccn(-c2ccccc2)n1. The van der Waals surface area contributed by atoms with Gasteiger partial charge in [-0.15, -0.1) is 0 Å². The molecule has 2 unspecified atom stereocenters. The second kappa shape index (κ2) is 6.41. The van der Waals surface area contributed by atoms with E-state index in [1.165, 1.54) is 0 Å². The number of likely N-dealkylation sites (tertiary alicyclic amines) is 1. The average Bonchev–Trinajstić information content (AvgIpc) is 2.99.